The molecule has 0 aliphatic heterocycles. The van der Waals surface area contributed by atoms with Gasteiger partial charge in [0, 0.05) is 0 Å². The molecule has 1 rings (SSSR count). The zero-order valence-corrected chi connectivity index (χ0v) is 9.82. The van der Waals surface area contributed by atoms with Crippen molar-refractivity contribution in [2.24, 2.45) is 0 Å². The van der Waals surface area contributed by atoms with E-state index in [2.05, 4.69) is 9.47 Å². The van der Waals surface area contributed by atoms with Gasteiger partial charge in [-0.25, -0.2) is 4.79 Å². The van der Waals surface area contributed by atoms with Crippen molar-refractivity contribution in [2.45, 2.75) is 6.61 Å². The monoisotopic (exact) mass is 272 g/mol. The molecule has 0 N–H and O–H groups in total. The second-order valence-corrected chi connectivity index (χ2v) is 3.80. The standard InChI is InChI=1S/C8H7ClF2O4S/c1-13-6(12)5-4(15-8(10)11)3(9)7(14-2)16-5/h8H,1-2H3. The Kier molecular flexibility index (Phi) is 4.31. The van der Waals surface area contributed by atoms with Crippen LogP contribution < -0.4 is 9.47 Å². The molecule has 1 aromatic heterocycles. The summed E-state index contributed by atoms with van der Waals surface area (Å²) in [5.41, 5.74) is 0. The molecule has 0 radical (unpaired) electrons. The Morgan fingerprint density at radius 3 is 2.50 bits per heavy atom. The number of carbonyl (C=O) groups is 1. The third-order valence-electron chi connectivity index (χ3n) is 1.54. The van der Waals surface area contributed by atoms with E-state index in [1.165, 1.54) is 7.11 Å². The van der Waals surface area contributed by atoms with Gasteiger partial charge in [0.1, 0.15) is 5.02 Å². The second kappa shape index (κ2) is 5.31. The molecule has 0 fully saturated rings. The molecule has 0 saturated carbocycles. The summed E-state index contributed by atoms with van der Waals surface area (Å²) in [5, 5.41) is -0.0640. The minimum absolute atomic E-state index is 0.109. The summed E-state index contributed by atoms with van der Waals surface area (Å²) >= 11 is 6.47. The molecule has 8 heteroatoms. The fraction of sp³-hybridized carbons (Fsp3) is 0.375. The van der Waals surface area contributed by atoms with Crippen molar-refractivity contribution in [1.82, 2.24) is 0 Å². The SMILES string of the molecule is COC(=O)c1sc(OC)c(Cl)c1OC(F)F. The van der Waals surface area contributed by atoms with E-state index in [4.69, 9.17) is 16.3 Å². The van der Waals surface area contributed by atoms with Gasteiger partial charge >= 0.3 is 12.6 Å². The molecule has 1 aromatic rings. The van der Waals surface area contributed by atoms with Gasteiger partial charge in [-0.3, -0.25) is 0 Å². The zero-order chi connectivity index (χ0) is 12.3. The van der Waals surface area contributed by atoms with Crippen LogP contribution in [0.3, 0.4) is 0 Å². The average Bonchev–Trinajstić information content (AvgIpc) is 2.55. The topological polar surface area (TPSA) is 44.8 Å². The highest BCUT2D eigenvalue weighted by atomic mass is 35.5. The van der Waals surface area contributed by atoms with Gasteiger partial charge < -0.3 is 14.2 Å². The van der Waals surface area contributed by atoms with Gasteiger partial charge in [0.05, 0.1) is 14.2 Å². The van der Waals surface area contributed by atoms with Crippen molar-refractivity contribution >= 4 is 28.9 Å². The summed E-state index contributed by atoms with van der Waals surface area (Å²) in [5.74, 6) is -1.24. The van der Waals surface area contributed by atoms with Crippen LogP contribution in [-0.4, -0.2) is 26.8 Å². The van der Waals surface area contributed by atoms with Gasteiger partial charge in [0.2, 0.25) is 0 Å². The van der Waals surface area contributed by atoms with Crippen molar-refractivity contribution in [3.8, 4) is 10.8 Å². The van der Waals surface area contributed by atoms with E-state index in [0.29, 0.717) is 0 Å². The van der Waals surface area contributed by atoms with Crippen LogP contribution in [0, 0.1) is 0 Å². The number of ether oxygens (including phenoxy) is 3. The predicted octanol–water partition coefficient (Wildman–Crippen LogP) is 2.80. The summed E-state index contributed by atoms with van der Waals surface area (Å²) in [6.45, 7) is -3.08. The van der Waals surface area contributed by atoms with E-state index in [1.54, 1.807) is 0 Å². The Balaban J connectivity index is 3.19. The van der Waals surface area contributed by atoms with Crippen molar-refractivity contribution in [2.75, 3.05) is 14.2 Å². The summed E-state index contributed by atoms with van der Waals surface area (Å²) in [4.78, 5) is 11.1. The first kappa shape index (κ1) is 13.0. The smallest absolute Gasteiger partial charge is 0.387 e. The van der Waals surface area contributed by atoms with Crippen LogP contribution in [0.25, 0.3) is 0 Å². The van der Waals surface area contributed by atoms with E-state index in [-0.39, 0.29) is 15.0 Å². The number of carbonyl (C=O) groups excluding carboxylic acids is 1. The van der Waals surface area contributed by atoms with Crippen molar-refractivity contribution < 1.29 is 27.8 Å². The average molecular weight is 273 g/mol. The normalized spacial score (nSPS) is 10.4. The molecule has 0 amide bonds. The highest BCUT2D eigenvalue weighted by Gasteiger charge is 2.26. The van der Waals surface area contributed by atoms with Crippen LogP contribution in [0.15, 0.2) is 0 Å². The molecule has 0 spiro atoms. The van der Waals surface area contributed by atoms with Gasteiger partial charge in [-0.05, 0) is 0 Å². The van der Waals surface area contributed by atoms with Gasteiger partial charge in [0.15, 0.2) is 15.7 Å². The Morgan fingerprint density at radius 1 is 1.44 bits per heavy atom. The molecule has 90 valence electrons. The lowest BCUT2D eigenvalue weighted by Gasteiger charge is -2.04. The maximum absolute atomic E-state index is 12.1. The maximum Gasteiger partial charge on any atom is 0.387 e. The number of halogens is 3. The van der Waals surface area contributed by atoms with E-state index in [1.807, 2.05) is 0 Å². The van der Waals surface area contributed by atoms with E-state index >= 15 is 0 Å². The molecule has 0 aliphatic carbocycles. The van der Waals surface area contributed by atoms with Crippen LogP contribution in [0.2, 0.25) is 5.02 Å². The number of rotatable bonds is 4. The van der Waals surface area contributed by atoms with Crippen LogP contribution in [0.1, 0.15) is 9.67 Å². The molecule has 0 unspecified atom stereocenters. The van der Waals surface area contributed by atoms with Crippen LogP contribution in [0.4, 0.5) is 8.78 Å². The van der Waals surface area contributed by atoms with Crippen LogP contribution in [-0.2, 0) is 4.74 Å². The first-order valence-electron chi connectivity index (χ1n) is 3.90. The Bertz CT molecular complexity index is 394. The second-order valence-electron chi connectivity index (χ2n) is 2.44. The largest absolute Gasteiger partial charge is 0.486 e. The third-order valence-corrected chi connectivity index (χ3v) is 3.11. The van der Waals surface area contributed by atoms with Gasteiger partial charge in [0.25, 0.3) is 0 Å². The van der Waals surface area contributed by atoms with Crippen molar-refractivity contribution in [3.05, 3.63) is 9.90 Å². The van der Waals surface area contributed by atoms with Gasteiger partial charge in [-0.2, -0.15) is 8.78 Å². The Morgan fingerprint density at radius 2 is 2.06 bits per heavy atom. The minimum atomic E-state index is -3.08. The molecule has 0 aliphatic rings. The van der Waals surface area contributed by atoms with Crippen molar-refractivity contribution in [3.63, 3.8) is 0 Å². The lowest BCUT2D eigenvalue weighted by atomic mass is 10.4. The third kappa shape index (κ3) is 2.53. The molecule has 0 atom stereocenters. The molecule has 4 nitrogen and oxygen atoms in total. The molecule has 0 aromatic carbocycles. The molecular formula is C8H7ClF2O4S. The summed E-state index contributed by atoms with van der Waals surface area (Å²) < 4.78 is 37.5. The lowest BCUT2D eigenvalue weighted by Crippen LogP contribution is -2.06. The fourth-order valence-corrected chi connectivity index (χ4v) is 2.18. The van der Waals surface area contributed by atoms with Crippen molar-refractivity contribution in [1.29, 1.82) is 0 Å². The number of alkyl halides is 2. The predicted molar refractivity (Wildman–Crippen MR) is 53.9 cm³/mol. The summed E-state index contributed by atoms with van der Waals surface area (Å²) in [7, 11) is 2.42. The molecule has 0 saturated heterocycles. The minimum Gasteiger partial charge on any atom is -0.486 e. The highest BCUT2D eigenvalue weighted by Crippen LogP contribution is 2.45. The van der Waals surface area contributed by atoms with E-state index < -0.39 is 18.3 Å². The summed E-state index contributed by atoms with van der Waals surface area (Å²) in [6.07, 6.45) is 0. The Hall–Kier alpha value is -1.08. The number of hydrogen-bond donors (Lipinski definition) is 0. The van der Waals surface area contributed by atoms with Gasteiger partial charge in [-0.1, -0.05) is 22.9 Å². The number of hydrogen-bond acceptors (Lipinski definition) is 5. The first-order valence-corrected chi connectivity index (χ1v) is 5.10. The molecule has 0 bridgehead atoms. The fourth-order valence-electron chi connectivity index (χ4n) is 0.929. The van der Waals surface area contributed by atoms with Crippen LogP contribution in [0.5, 0.6) is 10.8 Å². The number of methoxy groups -OCH3 is 2. The summed E-state index contributed by atoms with van der Waals surface area (Å²) in [6, 6.07) is 0. The molecule has 1 heterocycles. The Labute approximate surface area is 98.7 Å². The molecular weight excluding hydrogens is 266 g/mol. The van der Waals surface area contributed by atoms with Crippen LogP contribution >= 0.6 is 22.9 Å². The van der Waals surface area contributed by atoms with Gasteiger partial charge in [-0.15, -0.1) is 0 Å². The van der Waals surface area contributed by atoms with E-state index in [9.17, 15) is 13.6 Å². The zero-order valence-electron chi connectivity index (χ0n) is 8.25. The lowest BCUT2D eigenvalue weighted by molar-refractivity contribution is -0.0500. The van der Waals surface area contributed by atoms with E-state index in [0.717, 1.165) is 18.4 Å². The highest BCUT2D eigenvalue weighted by molar-refractivity contribution is 7.16. The quantitative estimate of drug-likeness (QED) is 0.791. The number of esters is 1. The maximum atomic E-state index is 12.1. The number of thiophene rings is 1. The molecule has 16 heavy (non-hydrogen) atoms. The first-order chi connectivity index (χ1) is 7.51.